The van der Waals surface area contributed by atoms with E-state index in [9.17, 15) is 4.79 Å². The summed E-state index contributed by atoms with van der Waals surface area (Å²) in [6, 6.07) is 7.88. The third kappa shape index (κ3) is 7.39. The molecule has 0 aliphatic carbocycles. The van der Waals surface area contributed by atoms with E-state index in [0.717, 1.165) is 31.7 Å². The molecule has 1 aromatic carbocycles. The van der Waals surface area contributed by atoms with Gasteiger partial charge in [0.1, 0.15) is 0 Å². The second kappa shape index (κ2) is 8.96. The van der Waals surface area contributed by atoms with Crippen LogP contribution in [0, 0.1) is 12.8 Å². The zero-order valence-corrected chi connectivity index (χ0v) is 14.2. The molecule has 21 heavy (non-hydrogen) atoms. The molecule has 0 N–H and O–H groups in total. The smallest absolute Gasteiger partial charge is 0.164 e. The topological polar surface area (TPSA) is 23.6 Å². The van der Waals surface area contributed by atoms with E-state index in [-0.39, 0.29) is 5.78 Å². The van der Waals surface area contributed by atoms with Gasteiger partial charge in [0.2, 0.25) is 0 Å². The number of ketones is 1. The van der Waals surface area contributed by atoms with Crippen molar-refractivity contribution in [3.63, 3.8) is 0 Å². The molecule has 1 rings (SSSR count). The molecule has 0 saturated carbocycles. The summed E-state index contributed by atoms with van der Waals surface area (Å²) in [5, 5.41) is 0. The zero-order chi connectivity index (χ0) is 15.8. The minimum absolute atomic E-state index is 0.244. The van der Waals surface area contributed by atoms with Gasteiger partial charge in [0.25, 0.3) is 0 Å². The quantitative estimate of drug-likeness (QED) is 0.653. The predicted molar refractivity (Wildman–Crippen MR) is 90.0 cm³/mol. The maximum atomic E-state index is 12.2. The maximum absolute atomic E-state index is 12.2. The lowest BCUT2D eigenvalue weighted by molar-refractivity contribution is 0.0958. The number of Topliss-reactive ketones (excluding diaryl/α,β-unsaturated/α-hetero) is 1. The van der Waals surface area contributed by atoms with E-state index in [2.05, 4.69) is 37.7 Å². The van der Waals surface area contributed by atoms with Crippen molar-refractivity contribution in [3.8, 4) is 0 Å². The van der Waals surface area contributed by atoms with Crippen LogP contribution in [-0.2, 0) is 0 Å². The molecule has 0 amide bonds. The number of carbonyl (C=O) groups excluding carboxylic acids is 1. The van der Waals surface area contributed by atoms with E-state index in [1.807, 2.05) is 31.2 Å². The summed E-state index contributed by atoms with van der Waals surface area (Å²) in [6.07, 6.45) is 0.600. The van der Waals surface area contributed by atoms with E-state index in [1.165, 1.54) is 5.56 Å². The molecule has 0 fully saturated rings. The molecular formula is C18H30N2O. The van der Waals surface area contributed by atoms with E-state index in [0.29, 0.717) is 12.3 Å². The van der Waals surface area contributed by atoms with Gasteiger partial charge in [-0.05, 0) is 26.9 Å². The highest BCUT2D eigenvalue weighted by molar-refractivity contribution is 5.96. The normalized spacial score (nSPS) is 11.6. The third-order valence-corrected chi connectivity index (χ3v) is 3.52. The van der Waals surface area contributed by atoms with Crippen LogP contribution in [0.4, 0.5) is 0 Å². The Kier molecular flexibility index (Phi) is 7.62. The Balaban J connectivity index is 2.50. The molecular weight excluding hydrogens is 260 g/mol. The van der Waals surface area contributed by atoms with Crippen molar-refractivity contribution in [1.82, 2.24) is 9.80 Å². The summed E-state index contributed by atoms with van der Waals surface area (Å²) in [4.78, 5) is 16.8. The number of hydrogen-bond donors (Lipinski definition) is 0. The van der Waals surface area contributed by atoms with Crippen molar-refractivity contribution in [2.24, 2.45) is 5.92 Å². The summed E-state index contributed by atoms with van der Waals surface area (Å²) < 4.78 is 0. The first-order chi connectivity index (χ1) is 9.88. The minimum Gasteiger partial charge on any atom is -0.308 e. The van der Waals surface area contributed by atoms with Crippen molar-refractivity contribution in [2.75, 3.05) is 40.3 Å². The number of hydrogen-bond acceptors (Lipinski definition) is 3. The van der Waals surface area contributed by atoms with E-state index in [4.69, 9.17) is 0 Å². The standard InChI is InChI=1S/C18H30N2O/c1-15(2)14-20(13-12-19(4)5)11-10-18(21)17-8-6-16(3)7-9-17/h6-9,15H,10-14H2,1-5H3. The number of nitrogens with zero attached hydrogens (tertiary/aromatic N) is 2. The first-order valence-corrected chi connectivity index (χ1v) is 7.85. The average molecular weight is 290 g/mol. The van der Waals surface area contributed by atoms with Gasteiger partial charge in [-0.1, -0.05) is 43.7 Å². The highest BCUT2D eigenvalue weighted by Gasteiger charge is 2.11. The van der Waals surface area contributed by atoms with E-state index >= 15 is 0 Å². The van der Waals surface area contributed by atoms with E-state index < -0.39 is 0 Å². The van der Waals surface area contributed by atoms with Crippen molar-refractivity contribution in [1.29, 1.82) is 0 Å². The SMILES string of the molecule is Cc1ccc(C(=O)CCN(CCN(C)C)CC(C)C)cc1. The summed E-state index contributed by atoms with van der Waals surface area (Å²) in [6.45, 7) is 10.4. The van der Waals surface area contributed by atoms with Gasteiger partial charge in [0.05, 0.1) is 0 Å². The van der Waals surface area contributed by atoms with Crippen LogP contribution < -0.4 is 0 Å². The molecule has 0 aliphatic rings. The van der Waals surface area contributed by atoms with Gasteiger partial charge >= 0.3 is 0 Å². The second-order valence-electron chi connectivity index (χ2n) is 6.54. The number of aryl methyl sites for hydroxylation is 1. The number of likely N-dealkylation sites (N-methyl/N-ethyl adjacent to an activating group) is 1. The summed E-state index contributed by atoms with van der Waals surface area (Å²) in [5.41, 5.74) is 2.02. The molecule has 118 valence electrons. The molecule has 0 spiro atoms. The maximum Gasteiger partial charge on any atom is 0.164 e. The van der Waals surface area contributed by atoms with Gasteiger partial charge in [-0.3, -0.25) is 4.79 Å². The molecule has 0 atom stereocenters. The first-order valence-electron chi connectivity index (χ1n) is 7.85. The fourth-order valence-corrected chi connectivity index (χ4v) is 2.30. The molecule has 0 aliphatic heterocycles. The van der Waals surface area contributed by atoms with Crippen LogP contribution in [0.2, 0.25) is 0 Å². The van der Waals surface area contributed by atoms with Crippen LogP contribution >= 0.6 is 0 Å². The van der Waals surface area contributed by atoms with Gasteiger partial charge in [-0.15, -0.1) is 0 Å². The van der Waals surface area contributed by atoms with Gasteiger partial charge in [0, 0.05) is 38.2 Å². The molecule has 0 bridgehead atoms. The van der Waals surface area contributed by atoms with Crippen molar-refractivity contribution >= 4 is 5.78 Å². The molecule has 0 radical (unpaired) electrons. The molecule has 0 unspecified atom stereocenters. The lowest BCUT2D eigenvalue weighted by Crippen LogP contribution is -2.35. The molecule has 0 saturated heterocycles. The van der Waals surface area contributed by atoms with Gasteiger partial charge in [-0.2, -0.15) is 0 Å². The Hall–Kier alpha value is -1.19. The van der Waals surface area contributed by atoms with Gasteiger partial charge in [-0.25, -0.2) is 0 Å². The lowest BCUT2D eigenvalue weighted by atomic mass is 10.1. The summed E-state index contributed by atoms with van der Waals surface area (Å²) in [7, 11) is 4.18. The van der Waals surface area contributed by atoms with Crippen LogP contribution in [0.1, 0.15) is 36.2 Å². The Morgan fingerprint density at radius 1 is 1.05 bits per heavy atom. The monoisotopic (exact) mass is 290 g/mol. The third-order valence-electron chi connectivity index (χ3n) is 3.52. The Morgan fingerprint density at radius 3 is 2.19 bits per heavy atom. The Labute approximate surface area is 129 Å². The lowest BCUT2D eigenvalue weighted by Gasteiger charge is -2.25. The second-order valence-corrected chi connectivity index (χ2v) is 6.54. The molecule has 3 nitrogen and oxygen atoms in total. The van der Waals surface area contributed by atoms with Crippen LogP contribution in [-0.4, -0.2) is 55.9 Å². The van der Waals surface area contributed by atoms with Crippen LogP contribution in [0.5, 0.6) is 0 Å². The minimum atomic E-state index is 0.244. The van der Waals surface area contributed by atoms with E-state index in [1.54, 1.807) is 0 Å². The van der Waals surface area contributed by atoms with Gasteiger partial charge in [0.15, 0.2) is 5.78 Å². The fourth-order valence-electron chi connectivity index (χ4n) is 2.30. The van der Waals surface area contributed by atoms with Crippen molar-refractivity contribution < 1.29 is 4.79 Å². The van der Waals surface area contributed by atoms with Crippen LogP contribution in [0.15, 0.2) is 24.3 Å². The number of carbonyl (C=O) groups is 1. The average Bonchev–Trinajstić information content (AvgIpc) is 2.41. The predicted octanol–water partition coefficient (Wildman–Crippen LogP) is 3.09. The fraction of sp³-hybridized carbons (Fsp3) is 0.611. The highest BCUT2D eigenvalue weighted by Crippen LogP contribution is 2.08. The molecule has 0 heterocycles. The van der Waals surface area contributed by atoms with Crippen LogP contribution in [0.25, 0.3) is 0 Å². The molecule has 0 aromatic heterocycles. The Morgan fingerprint density at radius 2 is 1.67 bits per heavy atom. The van der Waals surface area contributed by atoms with Crippen LogP contribution in [0.3, 0.4) is 0 Å². The molecule has 3 heteroatoms. The highest BCUT2D eigenvalue weighted by atomic mass is 16.1. The number of benzene rings is 1. The summed E-state index contributed by atoms with van der Waals surface area (Å²) in [5.74, 6) is 0.871. The summed E-state index contributed by atoms with van der Waals surface area (Å²) >= 11 is 0. The van der Waals surface area contributed by atoms with Crippen molar-refractivity contribution in [2.45, 2.75) is 27.2 Å². The largest absolute Gasteiger partial charge is 0.308 e. The zero-order valence-electron chi connectivity index (χ0n) is 14.2. The Bertz CT molecular complexity index is 423. The molecule has 1 aromatic rings. The van der Waals surface area contributed by atoms with Gasteiger partial charge < -0.3 is 9.80 Å². The first kappa shape index (κ1) is 17.9. The van der Waals surface area contributed by atoms with Crippen molar-refractivity contribution in [3.05, 3.63) is 35.4 Å². The number of rotatable bonds is 9.